The van der Waals surface area contributed by atoms with Crippen molar-refractivity contribution in [1.82, 2.24) is 4.90 Å². The normalized spacial score (nSPS) is 19.1. The summed E-state index contributed by atoms with van der Waals surface area (Å²) in [4.78, 5) is 25.1. The Labute approximate surface area is 107 Å². The molecule has 4 heteroatoms. The van der Waals surface area contributed by atoms with Crippen LogP contribution in [0.1, 0.15) is 18.9 Å². The Bertz CT molecular complexity index is 430. The first-order valence-electron chi connectivity index (χ1n) is 6.19. The van der Waals surface area contributed by atoms with E-state index in [4.69, 9.17) is 4.74 Å². The summed E-state index contributed by atoms with van der Waals surface area (Å²) in [6, 6.07) is 9.78. The van der Waals surface area contributed by atoms with E-state index in [1.165, 1.54) is 0 Å². The van der Waals surface area contributed by atoms with Gasteiger partial charge in [0, 0.05) is 19.5 Å². The minimum absolute atomic E-state index is 0.0249. The van der Waals surface area contributed by atoms with Crippen LogP contribution in [0, 0.1) is 5.92 Å². The van der Waals surface area contributed by atoms with Gasteiger partial charge in [0.05, 0.1) is 12.5 Å². The molecule has 1 fully saturated rings. The van der Waals surface area contributed by atoms with Crippen LogP contribution in [0.5, 0.6) is 0 Å². The summed E-state index contributed by atoms with van der Waals surface area (Å²) in [5.41, 5.74) is 1.08. The first kappa shape index (κ1) is 12.6. The largest absolute Gasteiger partial charge is 0.466 e. The predicted octanol–water partition coefficient (Wildman–Crippen LogP) is 1.60. The second kappa shape index (κ2) is 5.67. The van der Waals surface area contributed by atoms with Crippen molar-refractivity contribution in [2.45, 2.75) is 19.9 Å². The summed E-state index contributed by atoms with van der Waals surface area (Å²) >= 11 is 0. The van der Waals surface area contributed by atoms with Gasteiger partial charge in [0.2, 0.25) is 5.91 Å². The summed E-state index contributed by atoms with van der Waals surface area (Å²) in [5, 5.41) is 0. The quantitative estimate of drug-likeness (QED) is 0.759. The number of esters is 1. The van der Waals surface area contributed by atoms with Crippen LogP contribution in [0.4, 0.5) is 0 Å². The summed E-state index contributed by atoms with van der Waals surface area (Å²) in [5.74, 6) is -0.542. The van der Waals surface area contributed by atoms with Crippen LogP contribution in [0.15, 0.2) is 30.3 Å². The van der Waals surface area contributed by atoms with Crippen LogP contribution in [-0.4, -0.2) is 29.9 Å². The van der Waals surface area contributed by atoms with E-state index in [0.717, 1.165) is 5.56 Å². The van der Waals surface area contributed by atoms with E-state index in [0.29, 0.717) is 19.7 Å². The Morgan fingerprint density at radius 3 is 2.78 bits per heavy atom. The molecule has 1 aromatic carbocycles. The van der Waals surface area contributed by atoms with Crippen LogP contribution >= 0.6 is 0 Å². The number of likely N-dealkylation sites (tertiary alicyclic amines) is 1. The molecule has 1 heterocycles. The van der Waals surface area contributed by atoms with Gasteiger partial charge in [-0.2, -0.15) is 0 Å². The Balaban J connectivity index is 1.95. The van der Waals surface area contributed by atoms with Crippen LogP contribution in [-0.2, 0) is 20.9 Å². The summed E-state index contributed by atoms with van der Waals surface area (Å²) < 4.78 is 4.95. The van der Waals surface area contributed by atoms with Crippen molar-refractivity contribution in [3.05, 3.63) is 35.9 Å². The highest BCUT2D eigenvalue weighted by Gasteiger charge is 2.34. The molecule has 18 heavy (non-hydrogen) atoms. The second-order valence-corrected chi connectivity index (χ2v) is 4.41. The molecular formula is C14H17NO3. The van der Waals surface area contributed by atoms with Crippen molar-refractivity contribution in [2.75, 3.05) is 13.2 Å². The number of carbonyl (C=O) groups is 2. The Kier molecular flexibility index (Phi) is 3.97. The maximum absolute atomic E-state index is 11.8. The molecule has 1 aliphatic heterocycles. The monoisotopic (exact) mass is 247 g/mol. The highest BCUT2D eigenvalue weighted by atomic mass is 16.5. The maximum Gasteiger partial charge on any atom is 0.311 e. The highest BCUT2D eigenvalue weighted by molar-refractivity contribution is 5.86. The maximum atomic E-state index is 11.8. The average Bonchev–Trinajstić information content (AvgIpc) is 2.73. The lowest BCUT2D eigenvalue weighted by Gasteiger charge is -2.16. The van der Waals surface area contributed by atoms with Crippen molar-refractivity contribution in [2.24, 2.45) is 5.92 Å². The molecule has 2 rings (SSSR count). The summed E-state index contributed by atoms with van der Waals surface area (Å²) in [6.07, 6.45) is 0.270. The van der Waals surface area contributed by atoms with Crippen molar-refractivity contribution in [1.29, 1.82) is 0 Å². The first-order valence-corrected chi connectivity index (χ1v) is 6.19. The van der Waals surface area contributed by atoms with Crippen molar-refractivity contribution in [3.8, 4) is 0 Å². The Hall–Kier alpha value is -1.84. The molecule has 0 spiro atoms. The number of amides is 1. The van der Waals surface area contributed by atoms with Gasteiger partial charge in [-0.15, -0.1) is 0 Å². The van der Waals surface area contributed by atoms with E-state index < -0.39 is 0 Å². The van der Waals surface area contributed by atoms with Gasteiger partial charge >= 0.3 is 5.97 Å². The predicted molar refractivity (Wildman–Crippen MR) is 66.6 cm³/mol. The highest BCUT2D eigenvalue weighted by Crippen LogP contribution is 2.21. The molecule has 0 N–H and O–H groups in total. The van der Waals surface area contributed by atoms with Gasteiger partial charge in [-0.3, -0.25) is 9.59 Å². The van der Waals surface area contributed by atoms with Crippen LogP contribution in [0.3, 0.4) is 0 Å². The molecule has 0 aromatic heterocycles. The Morgan fingerprint density at radius 2 is 2.11 bits per heavy atom. The van der Waals surface area contributed by atoms with E-state index in [9.17, 15) is 9.59 Å². The van der Waals surface area contributed by atoms with Gasteiger partial charge in [-0.25, -0.2) is 0 Å². The molecule has 1 aromatic rings. The molecular weight excluding hydrogens is 230 g/mol. The third-order valence-corrected chi connectivity index (χ3v) is 3.05. The topological polar surface area (TPSA) is 46.6 Å². The minimum Gasteiger partial charge on any atom is -0.466 e. The molecule has 4 nitrogen and oxygen atoms in total. The SMILES string of the molecule is CCOC(=O)C1CC(=O)N(Cc2ccccc2)C1. The molecule has 0 bridgehead atoms. The lowest BCUT2D eigenvalue weighted by molar-refractivity contribution is -0.147. The average molecular weight is 247 g/mol. The van der Waals surface area contributed by atoms with E-state index in [-0.39, 0.29) is 24.2 Å². The smallest absolute Gasteiger partial charge is 0.311 e. The number of hydrogen-bond acceptors (Lipinski definition) is 3. The zero-order valence-corrected chi connectivity index (χ0v) is 10.5. The third-order valence-electron chi connectivity index (χ3n) is 3.05. The lowest BCUT2D eigenvalue weighted by Crippen LogP contribution is -2.26. The standard InChI is InChI=1S/C14H17NO3/c1-2-18-14(17)12-8-13(16)15(10-12)9-11-6-4-3-5-7-11/h3-7,12H,2,8-10H2,1H3. The minimum atomic E-state index is -0.304. The number of nitrogens with zero attached hydrogens (tertiary/aromatic N) is 1. The van der Waals surface area contributed by atoms with Crippen LogP contribution in [0.2, 0.25) is 0 Å². The number of carbonyl (C=O) groups excluding carboxylic acids is 2. The zero-order chi connectivity index (χ0) is 13.0. The van der Waals surface area contributed by atoms with E-state index >= 15 is 0 Å². The molecule has 0 aliphatic carbocycles. The molecule has 1 amide bonds. The number of hydrogen-bond donors (Lipinski definition) is 0. The summed E-state index contributed by atoms with van der Waals surface area (Å²) in [6.45, 7) is 3.17. The molecule has 96 valence electrons. The van der Waals surface area contributed by atoms with Crippen molar-refractivity contribution < 1.29 is 14.3 Å². The van der Waals surface area contributed by atoms with Gasteiger partial charge in [-0.05, 0) is 12.5 Å². The van der Waals surface area contributed by atoms with Crippen LogP contribution in [0.25, 0.3) is 0 Å². The number of ether oxygens (including phenoxy) is 1. The van der Waals surface area contributed by atoms with Crippen LogP contribution < -0.4 is 0 Å². The molecule has 0 radical (unpaired) electrons. The molecule has 1 saturated heterocycles. The Morgan fingerprint density at radius 1 is 1.39 bits per heavy atom. The van der Waals surface area contributed by atoms with E-state index in [2.05, 4.69) is 0 Å². The second-order valence-electron chi connectivity index (χ2n) is 4.41. The molecule has 1 aliphatic rings. The van der Waals surface area contributed by atoms with E-state index in [1.54, 1.807) is 11.8 Å². The fourth-order valence-corrected chi connectivity index (χ4v) is 2.15. The first-order chi connectivity index (χ1) is 8.70. The number of rotatable bonds is 4. The molecule has 0 saturated carbocycles. The fraction of sp³-hybridized carbons (Fsp3) is 0.429. The zero-order valence-electron chi connectivity index (χ0n) is 10.5. The number of benzene rings is 1. The van der Waals surface area contributed by atoms with E-state index in [1.807, 2.05) is 30.3 Å². The third kappa shape index (κ3) is 2.88. The van der Waals surface area contributed by atoms with Gasteiger partial charge in [0.25, 0.3) is 0 Å². The van der Waals surface area contributed by atoms with Gasteiger partial charge in [0.15, 0.2) is 0 Å². The van der Waals surface area contributed by atoms with Crippen molar-refractivity contribution in [3.63, 3.8) is 0 Å². The van der Waals surface area contributed by atoms with Gasteiger partial charge < -0.3 is 9.64 Å². The fourth-order valence-electron chi connectivity index (χ4n) is 2.15. The van der Waals surface area contributed by atoms with Crippen molar-refractivity contribution >= 4 is 11.9 Å². The lowest BCUT2D eigenvalue weighted by atomic mass is 10.1. The van der Waals surface area contributed by atoms with Gasteiger partial charge in [-0.1, -0.05) is 30.3 Å². The van der Waals surface area contributed by atoms with Gasteiger partial charge in [0.1, 0.15) is 0 Å². The summed E-state index contributed by atoms with van der Waals surface area (Å²) in [7, 11) is 0. The molecule has 1 unspecified atom stereocenters. The molecule has 1 atom stereocenters.